The average molecular weight is 393 g/mol. The van der Waals surface area contributed by atoms with Crippen molar-refractivity contribution in [2.24, 2.45) is 5.41 Å². The van der Waals surface area contributed by atoms with Gasteiger partial charge in [-0.1, -0.05) is 18.2 Å². The molecule has 1 saturated heterocycles. The number of hydrogen-bond acceptors (Lipinski definition) is 4. The maximum absolute atomic E-state index is 13.3. The van der Waals surface area contributed by atoms with Gasteiger partial charge in [0.05, 0.1) is 5.56 Å². The molecule has 0 saturated carbocycles. The molecule has 1 atom stereocenters. The molecule has 6 nitrogen and oxygen atoms in total. The van der Waals surface area contributed by atoms with Crippen LogP contribution in [0.3, 0.4) is 0 Å². The van der Waals surface area contributed by atoms with E-state index in [1.54, 1.807) is 18.0 Å². The van der Waals surface area contributed by atoms with Crippen LogP contribution in [0.5, 0.6) is 0 Å². The van der Waals surface area contributed by atoms with Crippen molar-refractivity contribution in [3.8, 4) is 0 Å². The Morgan fingerprint density at radius 2 is 1.86 bits per heavy atom. The third kappa shape index (κ3) is 3.39. The molecule has 0 bridgehead atoms. The maximum Gasteiger partial charge on any atom is 0.406 e. The van der Waals surface area contributed by atoms with Gasteiger partial charge in [-0.15, -0.1) is 0 Å². The van der Waals surface area contributed by atoms with Gasteiger partial charge in [0.1, 0.15) is 5.82 Å². The predicted molar refractivity (Wildman–Crippen MR) is 95.4 cm³/mol. The van der Waals surface area contributed by atoms with Crippen LogP contribution < -0.4 is 4.90 Å². The quantitative estimate of drug-likeness (QED) is 0.863. The molecule has 1 aromatic heterocycles. The molecule has 1 N–H and O–H groups in total. The van der Waals surface area contributed by atoms with Crippen LogP contribution in [0.15, 0.2) is 48.7 Å². The van der Waals surface area contributed by atoms with Crippen molar-refractivity contribution < 1.29 is 27.9 Å². The molecule has 1 aromatic carbocycles. The molecule has 2 heterocycles. The summed E-state index contributed by atoms with van der Waals surface area (Å²) in [5.74, 6) is -2.08. The van der Waals surface area contributed by atoms with E-state index in [1.165, 1.54) is 12.3 Å². The van der Waals surface area contributed by atoms with Crippen LogP contribution in [0.2, 0.25) is 0 Å². The lowest BCUT2D eigenvalue weighted by atomic mass is 9.86. The Morgan fingerprint density at radius 3 is 2.36 bits per heavy atom. The molecule has 0 spiro atoms. The lowest BCUT2D eigenvalue weighted by molar-refractivity contribution is -0.227. The van der Waals surface area contributed by atoms with Crippen molar-refractivity contribution in [2.45, 2.75) is 12.6 Å². The number of halogens is 3. The number of anilines is 2. The Balaban J connectivity index is 1.76. The first kappa shape index (κ1) is 19.7. The Labute approximate surface area is 159 Å². The fourth-order valence-corrected chi connectivity index (χ4v) is 3.19. The molecule has 9 heteroatoms. The second kappa shape index (κ2) is 7.14. The number of hydrogen-bond donors (Lipinski definition) is 1. The number of carboxylic acids is 1. The molecule has 3 rings (SSSR count). The topological polar surface area (TPSA) is 73.7 Å². The van der Waals surface area contributed by atoms with E-state index in [0.29, 0.717) is 5.82 Å². The number of pyridine rings is 1. The minimum absolute atomic E-state index is 0.105. The van der Waals surface area contributed by atoms with Gasteiger partial charge in [-0.2, -0.15) is 13.2 Å². The first-order valence-corrected chi connectivity index (χ1v) is 8.50. The Bertz CT molecular complexity index is 871. The Hall–Kier alpha value is -3.10. The summed E-state index contributed by atoms with van der Waals surface area (Å²) in [5, 5.41) is 9.10. The number of benzene rings is 1. The monoisotopic (exact) mass is 393 g/mol. The zero-order valence-corrected chi connectivity index (χ0v) is 15.0. The van der Waals surface area contributed by atoms with Crippen molar-refractivity contribution in [3.05, 3.63) is 54.2 Å². The van der Waals surface area contributed by atoms with Crippen molar-refractivity contribution in [2.75, 3.05) is 25.0 Å². The third-order valence-electron chi connectivity index (χ3n) is 4.99. The molecule has 28 heavy (non-hydrogen) atoms. The van der Waals surface area contributed by atoms with Crippen LogP contribution in [0, 0.1) is 5.41 Å². The lowest BCUT2D eigenvalue weighted by Gasteiger charge is -2.27. The Kier molecular flexibility index (Phi) is 5.01. The highest BCUT2D eigenvalue weighted by Gasteiger charge is 2.64. The molecule has 1 amide bonds. The first-order valence-electron chi connectivity index (χ1n) is 8.50. The van der Waals surface area contributed by atoms with E-state index in [1.807, 2.05) is 30.3 Å². The maximum atomic E-state index is 13.3. The highest BCUT2D eigenvalue weighted by molar-refractivity contribution is 5.95. The van der Waals surface area contributed by atoms with Crippen LogP contribution in [0.1, 0.15) is 16.8 Å². The van der Waals surface area contributed by atoms with Gasteiger partial charge in [-0.3, -0.25) is 9.59 Å². The van der Waals surface area contributed by atoms with E-state index in [4.69, 9.17) is 5.11 Å². The van der Waals surface area contributed by atoms with Crippen LogP contribution >= 0.6 is 0 Å². The third-order valence-corrected chi connectivity index (χ3v) is 4.99. The molecule has 2 aromatic rings. The summed E-state index contributed by atoms with van der Waals surface area (Å²) in [6.45, 7) is -1.19. The van der Waals surface area contributed by atoms with Crippen LogP contribution in [0.25, 0.3) is 0 Å². The number of para-hydroxylation sites is 1. The molecule has 1 unspecified atom stereocenters. The molecule has 148 valence electrons. The fraction of sp³-hybridized carbons (Fsp3) is 0.316. The largest absolute Gasteiger partial charge is 0.481 e. The summed E-state index contributed by atoms with van der Waals surface area (Å²) >= 11 is 0. The average Bonchev–Trinajstić information content (AvgIpc) is 3.15. The van der Waals surface area contributed by atoms with Crippen molar-refractivity contribution >= 4 is 23.4 Å². The van der Waals surface area contributed by atoms with E-state index in [2.05, 4.69) is 4.98 Å². The van der Waals surface area contributed by atoms with Crippen LogP contribution in [-0.4, -0.2) is 53.2 Å². The van der Waals surface area contributed by atoms with Crippen molar-refractivity contribution in [1.29, 1.82) is 0 Å². The summed E-state index contributed by atoms with van der Waals surface area (Å²) in [6, 6.07) is 12.4. The number of aromatic nitrogens is 1. The molecule has 1 fully saturated rings. The highest BCUT2D eigenvalue weighted by atomic mass is 19.4. The summed E-state index contributed by atoms with van der Waals surface area (Å²) in [4.78, 5) is 30.7. The Morgan fingerprint density at radius 1 is 1.18 bits per heavy atom. The number of amides is 1. The van der Waals surface area contributed by atoms with Gasteiger partial charge in [0.15, 0.2) is 5.41 Å². The number of carbonyl (C=O) groups is 2. The van der Waals surface area contributed by atoms with Gasteiger partial charge in [-0.25, -0.2) is 4.98 Å². The number of carboxylic acid groups (broad SMARTS) is 1. The van der Waals surface area contributed by atoms with Gasteiger partial charge in [-0.05, 0) is 30.7 Å². The van der Waals surface area contributed by atoms with Gasteiger partial charge in [0.25, 0.3) is 5.91 Å². The summed E-state index contributed by atoms with van der Waals surface area (Å²) in [6.07, 6.45) is -4.32. The number of carbonyl (C=O) groups excluding carboxylic acids is 1. The van der Waals surface area contributed by atoms with E-state index in [-0.39, 0.29) is 12.1 Å². The second-order valence-electron chi connectivity index (χ2n) is 6.66. The van der Waals surface area contributed by atoms with E-state index < -0.39 is 36.4 Å². The van der Waals surface area contributed by atoms with Crippen molar-refractivity contribution in [1.82, 2.24) is 9.88 Å². The van der Waals surface area contributed by atoms with E-state index >= 15 is 0 Å². The van der Waals surface area contributed by atoms with E-state index in [9.17, 15) is 22.8 Å². The fourth-order valence-electron chi connectivity index (χ4n) is 3.19. The molecule has 0 radical (unpaired) electrons. The van der Waals surface area contributed by atoms with Gasteiger partial charge in [0, 0.05) is 32.0 Å². The highest BCUT2D eigenvalue weighted by Crippen LogP contribution is 2.46. The van der Waals surface area contributed by atoms with Gasteiger partial charge >= 0.3 is 12.1 Å². The molecule has 1 aliphatic heterocycles. The zero-order valence-electron chi connectivity index (χ0n) is 15.0. The minimum atomic E-state index is -4.94. The number of nitrogens with zero attached hydrogens (tertiary/aromatic N) is 3. The summed E-state index contributed by atoms with van der Waals surface area (Å²) in [5.41, 5.74) is -1.94. The number of likely N-dealkylation sites (tertiary alicyclic amines) is 1. The van der Waals surface area contributed by atoms with E-state index in [0.717, 1.165) is 10.6 Å². The standard InChI is InChI=1S/C19H18F3N3O3/c1-24(14-5-3-2-4-6-14)15-8-7-13(11-23-15)16(26)25-10-9-18(12-25,17(27)28)19(20,21)22/h2-8,11H,9-10,12H2,1H3,(H,27,28). The normalized spacial score (nSPS) is 19.5. The minimum Gasteiger partial charge on any atom is -0.481 e. The number of alkyl halides is 3. The van der Waals surface area contributed by atoms with Crippen LogP contribution in [-0.2, 0) is 4.79 Å². The first-order chi connectivity index (χ1) is 13.2. The van der Waals surface area contributed by atoms with Crippen molar-refractivity contribution in [3.63, 3.8) is 0 Å². The SMILES string of the molecule is CN(c1ccccc1)c1ccc(C(=O)N2CCC(C(=O)O)(C(F)(F)F)C2)cn1. The number of rotatable bonds is 4. The smallest absolute Gasteiger partial charge is 0.406 e. The summed E-state index contributed by atoms with van der Waals surface area (Å²) in [7, 11) is 1.80. The second-order valence-corrected chi connectivity index (χ2v) is 6.66. The summed E-state index contributed by atoms with van der Waals surface area (Å²) < 4.78 is 39.8. The zero-order chi connectivity index (χ0) is 20.5. The van der Waals surface area contributed by atoms with Gasteiger partial charge < -0.3 is 14.9 Å². The number of aliphatic carboxylic acids is 1. The molecule has 1 aliphatic rings. The molecule has 0 aliphatic carbocycles. The predicted octanol–water partition coefficient (Wildman–Crippen LogP) is 3.33. The molecular weight excluding hydrogens is 375 g/mol. The molecular formula is C19H18F3N3O3. The lowest BCUT2D eigenvalue weighted by Crippen LogP contribution is -2.47. The van der Waals surface area contributed by atoms with Crippen LogP contribution in [0.4, 0.5) is 24.7 Å². The van der Waals surface area contributed by atoms with Gasteiger partial charge in [0.2, 0.25) is 0 Å².